The van der Waals surface area contributed by atoms with Gasteiger partial charge in [-0.2, -0.15) is 5.10 Å². The normalized spacial score (nSPS) is 18.7. The standard InChI is InChI=1S/C17H25N5/c1-13(2)16-18-10-14(11-19-16)12-22-8-5-17(3,6-9-22)15-4-7-20-21-15/h4,7,10-11,13H,5-6,8-9,12H2,1-3H3,(H,20,21). The molecule has 1 N–H and O–H groups in total. The van der Waals surface area contributed by atoms with Crippen molar-refractivity contribution < 1.29 is 0 Å². The highest BCUT2D eigenvalue weighted by Crippen LogP contribution is 2.33. The molecule has 0 aliphatic carbocycles. The van der Waals surface area contributed by atoms with Crippen LogP contribution in [-0.2, 0) is 12.0 Å². The van der Waals surface area contributed by atoms with Gasteiger partial charge in [0, 0.05) is 47.7 Å². The lowest BCUT2D eigenvalue weighted by molar-refractivity contribution is 0.159. The van der Waals surface area contributed by atoms with Crippen LogP contribution < -0.4 is 0 Å². The van der Waals surface area contributed by atoms with E-state index in [0.717, 1.165) is 38.3 Å². The fourth-order valence-electron chi connectivity index (χ4n) is 3.07. The number of likely N-dealkylation sites (tertiary alicyclic amines) is 1. The van der Waals surface area contributed by atoms with Gasteiger partial charge in [0.25, 0.3) is 0 Å². The molecule has 0 amide bonds. The van der Waals surface area contributed by atoms with Gasteiger partial charge < -0.3 is 0 Å². The number of aromatic amines is 1. The first-order chi connectivity index (χ1) is 10.6. The zero-order chi connectivity index (χ0) is 15.6. The van der Waals surface area contributed by atoms with Gasteiger partial charge in [-0.25, -0.2) is 9.97 Å². The van der Waals surface area contributed by atoms with Gasteiger partial charge in [0.05, 0.1) is 0 Å². The summed E-state index contributed by atoms with van der Waals surface area (Å²) < 4.78 is 0. The molecule has 0 bridgehead atoms. The van der Waals surface area contributed by atoms with E-state index in [1.165, 1.54) is 11.3 Å². The van der Waals surface area contributed by atoms with Crippen molar-refractivity contribution in [2.45, 2.75) is 51.5 Å². The van der Waals surface area contributed by atoms with Crippen LogP contribution in [-0.4, -0.2) is 38.2 Å². The molecule has 22 heavy (non-hydrogen) atoms. The predicted octanol–water partition coefficient (Wildman–Crippen LogP) is 2.88. The molecule has 1 aliphatic rings. The average Bonchev–Trinajstić information content (AvgIpc) is 3.05. The Balaban J connectivity index is 1.58. The molecule has 0 aromatic carbocycles. The van der Waals surface area contributed by atoms with E-state index in [1.54, 1.807) is 0 Å². The Morgan fingerprint density at radius 3 is 2.45 bits per heavy atom. The molecule has 0 spiro atoms. The summed E-state index contributed by atoms with van der Waals surface area (Å²) in [5.74, 6) is 1.31. The minimum atomic E-state index is 0.227. The van der Waals surface area contributed by atoms with E-state index in [4.69, 9.17) is 0 Å². The molecule has 2 aromatic heterocycles. The summed E-state index contributed by atoms with van der Waals surface area (Å²) in [7, 11) is 0. The van der Waals surface area contributed by atoms with Crippen LogP contribution in [0.15, 0.2) is 24.7 Å². The molecule has 0 unspecified atom stereocenters. The van der Waals surface area contributed by atoms with Crippen LogP contribution >= 0.6 is 0 Å². The van der Waals surface area contributed by atoms with E-state index in [-0.39, 0.29) is 5.41 Å². The van der Waals surface area contributed by atoms with Gasteiger partial charge in [0.2, 0.25) is 0 Å². The summed E-state index contributed by atoms with van der Waals surface area (Å²) in [5.41, 5.74) is 2.69. The van der Waals surface area contributed by atoms with Crippen molar-refractivity contribution >= 4 is 0 Å². The lowest BCUT2D eigenvalue weighted by Gasteiger charge is -2.38. The summed E-state index contributed by atoms with van der Waals surface area (Å²) in [5, 5.41) is 7.24. The number of rotatable bonds is 4. The van der Waals surface area contributed by atoms with Gasteiger partial charge >= 0.3 is 0 Å². The zero-order valence-corrected chi connectivity index (χ0v) is 13.7. The molecule has 3 heterocycles. The summed E-state index contributed by atoms with van der Waals surface area (Å²) in [6.45, 7) is 9.71. The number of hydrogen-bond acceptors (Lipinski definition) is 4. The number of hydrogen-bond donors (Lipinski definition) is 1. The van der Waals surface area contributed by atoms with Crippen molar-refractivity contribution in [1.29, 1.82) is 0 Å². The second kappa shape index (κ2) is 6.16. The van der Waals surface area contributed by atoms with Crippen LogP contribution in [0.1, 0.15) is 56.6 Å². The second-order valence-electron chi connectivity index (χ2n) is 6.91. The molecule has 1 fully saturated rings. The van der Waals surface area contributed by atoms with Gasteiger partial charge in [-0.1, -0.05) is 20.8 Å². The number of nitrogens with one attached hydrogen (secondary N) is 1. The van der Waals surface area contributed by atoms with E-state index in [2.05, 4.69) is 51.9 Å². The first kappa shape index (κ1) is 15.2. The topological polar surface area (TPSA) is 57.7 Å². The third-order valence-electron chi connectivity index (χ3n) is 4.76. The highest BCUT2D eigenvalue weighted by Gasteiger charge is 2.32. The minimum Gasteiger partial charge on any atom is -0.299 e. The Hall–Kier alpha value is -1.75. The lowest BCUT2D eigenvalue weighted by Crippen LogP contribution is -2.40. The van der Waals surface area contributed by atoms with Gasteiger partial charge in [-0.05, 0) is 32.0 Å². The smallest absolute Gasteiger partial charge is 0.130 e. The largest absolute Gasteiger partial charge is 0.299 e. The van der Waals surface area contributed by atoms with E-state index in [9.17, 15) is 0 Å². The number of H-pyrrole nitrogens is 1. The van der Waals surface area contributed by atoms with Crippen LogP contribution in [0.4, 0.5) is 0 Å². The Kier molecular flexibility index (Phi) is 4.25. The summed E-state index contributed by atoms with van der Waals surface area (Å²) >= 11 is 0. The van der Waals surface area contributed by atoms with Gasteiger partial charge in [-0.3, -0.25) is 10.00 Å². The van der Waals surface area contributed by atoms with Crippen molar-refractivity contribution in [3.05, 3.63) is 41.7 Å². The molecule has 5 nitrogen and oxygen atoms in total. The summed E-state index contributed by atoms with van der Waals surface area (Å²) in [6, 6.07) is 2.11. The van der Waals surface area contributed by atoms with Crippen molar-refractivity contribution in [1.82, 2.24) is 25.1 Å². The molecule has 1 aliphatic heterocycles. The van der Waals surface area contributed by atoms with Crippen molar-refractivity contribution in [2.75, 3.05) is 13.1 Å². The molecule has 5 heteroatoms. The Bertz CT molecular complexity index is 580. The molecule has 2 aromatic rings. The summed E-state index contributed by atoms with van der Waals surface area (Å²) in [4.78, 5) is 11.4. The molecule has 3 rings (SSSR count). The molecular weight excluding hydrogens is 274 g/mol. The Morgan fingerprint density at radius 2 is 1.91 bits per heavy atom. The van der Waals surface area contributed by atoms with E-state index in [1.807, 2.05) is 18.6 Å². The van der Waals surface area contributed by atoms with Crippen molar-refractivity contribution in [3.8, 4) is 0 Å². The molecule has 0 radical (unpaired) electrons. The highest BCUT2D eigenvalue weighted by molar-refractivity contribution is 5.15. The third-order valence-corrected chi connectivity index (χ3v) is 4.76. The monoisotopic (exact) mass is 299 g/mol. The maximum Gasteiger partial charge on any atom is 0.130 e. The van der Waals surface area contributed by atoms with Crippen molar-refractivity contribution in [2.24, 2.45) is 0 Å². The quantitative estimate of drug-likeness (QED) is 0.943. The maximum atomic E-state index is 4.46. The second-order valence-corrected chi connectivity index (χ2v) is 6.91. The Morgan fingerprint density at radius 1 is 1.23 bits per heavy atom. The molecule has 0 saturated carbocycles. The number of piperidine rings is 1. The van der Waals surface area contributed by atoms with Crippen LogP contribution in [0.25, 0.3) is 0 Å². The van der Waals surface area contributed by atoms with E-state index in [0.29, 0.717) is 5.92 Å². The SMILES string of the molecule is CC(C)c1ncc(CN2CCC(C)(c3ccn[nH]3)CC2)cn1. The number of nitrogens with zero attached hydrogens (tertiary/aromatic N) is 4. The van der Waals surface area contributed by atoms with Crippen LogP contribution in [0.3, 0.4) is 0 Å². The lowest BCUT2D eigenvalue weighted by atomic mass is 9.77. The fourth-order valence-corrected chi connectivity index (χ4v) is 3.07. The van der Waals surface area contributed by atoms with Gasteiger partial charge in [0.1, 0.15) is 5.82 Å². The van der Waals surface area contributed by atoms with Crippen molar-refractivity contribution in [3.63, 3.8) is 0 Å². The first-order valence-corrected chi connectivity index (χ1v) is 8.10. The van der Waals surface area contributed by atoms with Crippen LogP contribution in [0.2, 0.25) is 0 Å². The third kappa shape index (κ3) is 3.19. The molecular formula is C17H25N5. The fraction of sp³-hybridized carbons (Fsp3) is 0.588. The van der Waals surface area contributed by atoms with Gasteiger partial charge in [-0.15, -0.1) is 0 Å². The van der Waals surface area contributed by atoms with E-state index < -0.39 is 0 Å². The van der Waals surface area contributed by atoms with E-state index >= 15 is 0 Å². The summed E-state index contributed by atoms with van der Waals surface area (Å²) in [6.07, 6.45) is 8.11. The Labute approximate surface area is 132 Å². The first-order valence-electron chi connectivity index (χ1n) is 8.10. The van der Waals surface area contributed by atoms with Crippen LogP contribution in [0.5, 0.6) is 0 Å². The van der Waals surface area contributed by atoms with Crippen LogP contribution in [0, 0.1) is 0 Å². The predicted molar refractivity (Wildman–Crippen MR) is 86.6 cm³/mol. The molecule has 0 atom stereocenters. The molecule has 1 saturated heterocycles. The number of aromatic nitrogens is 4. The minimum absolute atomic E-state index is 0.227. The average molecular weight is 299 g/mol. The molecule has 118 valence electrons. The van der Waals surface area contributed by atoms with Gasteiger partial charge in [0.15, 0.2) is 0 Å². The maximum absolute atomic E-state index is 4.46. The zero-order valence-electron chi connectivity index (χ0n) is 13.7. The highest BCUT2D eigenvalue weighted by atomic mass is 15.1.